The van der Waals surface area contributed by atoms with Crippen LogP contribution in [0, 0.1) is 11.6 Å². The highest BCUT2D eigenvalue weighted by Gasteiger charge is 2.40. The van der Waals surface area contributed by atoms with Gasteiger partial charge in [-0.05, 0) is 47.9 Å². The first-order valence-corrected chi connectivity index (χ1v) is 12.4. The van der Waals surface area contributed by atoms with E-state index in [0.29, 0.717) is 24.2 Å². The molecule has 176 valence electrons. The predicted molar refractivity (Wildman–Crippen MR) is 125 cm³/mol. The van der Waals surface area contributed by atoms with Gasteiger partial charge in [-0.15, -0.1) is 0 Å². The van der Waals surface area contributed by atoms with Crippen molar-refractivity contribution in [2.24, 2.45) is 0 Å². The van der Waals surface area contributed by atoms with E-state index in [2.05, 4.69) is 10.6 Å². The maximum atomic E-state index is 13.8. The molecule has 0 radical (unpaired) electrons. The number of sulfonamides is 1. The van der Waals surface area contributed by atoms with Gasteiger partial charge in [0.15, 0.2) is 11.6 Å². The van der Waals surface area contributed by atoms with E-state index in [0.717, 1.165) is 23.3 Å². The number of nitrogens with one attached hydrogen (secondary N) is 2. The van der Waals surface area contributed by atoms with Gasteiger partial charge in [0.25, 0.3) is 0 Å². The predicted octanol–water partition coefficient (Wildman–Crippen LogP) is 4.12. The fourth-order valence-corrected chi connectivity index (χ4v) is 6.16. The van der Waals surface area contributed by atoms with Gasteiger partial charge in [-0.1, -0.05) is 30.3 Å². The lowest BCUT2D eigenvalue weighted by Gasteiger charge is -2.21. The van der Waals surface area contributed by atoms with Gasteiger partial charge in [-0.3, -0.25) is 4.79 Å². The number of benzene rings is 3. The lowest BCUT2D eigenvalue weighted by atomic mass is 9.94. The van der Waals surface area contributed by atoms with Crippen LogP contribution < -0.4 is 10.6 Å². The lowest BCUT2D eigenvalue weighted by Crippen LogP contribution is -2.32. The van der Waals surface area contributed by atoms with Gasteiger partial charge in [-0.25, -0.2) is 17.2 Å². The fraction of sp³-hybridized carbons (Fsp3) is 0.240. The molecular formula is C25H23F2N3O3S. The molecule has 0 spiro atoms. The van der Waals surface area contributed by atoms with E-state index in [4.69, 9.17) is 0 Å². The Morgan fingerprint density at radius 3 is 2.47 bits per heavy atom. The van der Waals surface area contributed by atoms with E-state index < -0.39 is 21.7 Å². The van der Waals surface area contributed by atoms with Gasteiger partial charge in [0.1, 0.15) is 0 Å². The van der Waals surface area contributed by atoms with Crippen molar-refractivity contribution in [2.75, 3.05) is 23.7 Å². The van der Waals surface area contributed by atoms with Crippen LogP contribution in [0.4, 0.5) is 20.2 Å². The second-order valence-electron chi connectivity index (χ2n) is 8.59. The second-order valence-corrected chi connectivity index (χ2v) is 10.5. The summed E-state index contributed by atoms with van der Waals surface area (Å²) in [6, 6.07) is 17.5. The quantitative estimate of drug-likeness (QED) is 0.572. The summed E-state index contributed by atoms with van der Waals surface area (Å²) in [5, 5.41) is 5.97. The smallest absolute Gasteiger partial charge is 0.243 e. The highest BCUT2D eigenvalue weighted by Crippen LogP contribution is 2.35. The molecule has 5 rings (SSSR count). The molecule has 0 bridgehead atoms. The molecule has 3 aromatic rings. The summed E-state index contributed by atoms with van der Waals surface area (Å²) in [5.74, 6) is -2.19. The normalized spacial score (nSPS) is 20.6. The zero-order valence-corrected chi connectivity index (χ0v) is 19.0. The Morgan fingerprint density at radius 2 is 1.71 bits per heavy atom. The Labute approximate surface area is 196 Å². The molecule has 0 aliphatic carbocycles. The van der Waals surface area contributed by atoms with Crippen LogP contribution in [-0.4, -0.2) is 37.8 Å². The molecule has 0 aromatic heterocycles. The highest BCUT2D eigenvalue weighted by molar-refractivity contribution is 7.89. The number of carbonyl (C=O) groups is 1. The SMILES string of the molecule is O=C1CCc2cc(S(=O)(=O)N3CC(Nc4ccc(F)c(F)c4)C(c4ccccc4)C3)ccc2N1. The molecule has 0 saturated carbocycles. The molecule has 2 N–H and O–H groups in total. The molecule has 3 aromatic carbocycles. The Hall–Kier alpha value is -3.30. The number of rotatable bonds is 5. The van der Waals surface area contributed by atoms with Gasteiger partial charge in [-0.2, -0.15) is 4.31 Å². The Kier molecular flexibility index (Phi) is 5.83. The molecule has 2 heterocycles. The number of carbonyl (C=O) groups excluding carboxylic acids is 1. The van der Waals surface area contributed by atoms with E-state index in [9.17, 15) is 22.0 Å². The van der Waals surface area contributed by atoms with Crippen molar-refractivity contribution in [3.63, 3.8) is 0 Å². The van der Waals surface area contributed by atoms with E-state index in [-0.39, 0.29) is 35.9 Å². The van der Waals surface area contributed by atoms with Crippen LogP contribution in [0.3, 0.4) is 0 Å². The summed E-state index contributed by atoms with van der Waals surface area (Å²) in [6.07, 6.45) is 0.800. The van der Waals surface area contributed by atoms with Gasteiger partial charge < -0.3 is 10.6 Å². The number of hydrogen-bond donors (Lipinski definition) is 2. The standard InChI is InChI=1S/C25H23F2N3O3S/c26-21-9-7-18(13-22(21)27)28-24-15-30(14-20(24)16-4-2-1-3-5-16)34(32,33)19-8-10-23-17(12-19)6-11-25(31)29-23/h1-5,7-10,12-13,20,24,28H,6,11,14-15H2,(H,29,31). The third kappa shape index (κ3) is 4.28. The van der Waals surface area contributed by atoms with Crippen LogP contribution in [0.5, 0.6) is 0 Å². The maximum Gasteiger partial charge on any atom is 0.243 e. The van der Waals surface area contributed by atoms with E-state index >= 15 is 0 Å². The Morgan fingerprint density at radius 1 is 0.912 bits per heavy atom. The molecule has 2 atom stereocenters. The first kappa shape index (κ1) is 22.5. The Bertz CT molecular complexity index is 1350. The number of fused-ring (bicyclic) bond motifs is 1. The third-order valence-electron chi connectivity index (χ3n) is 6.40. The van der Waals surface area contributed by atoms with Gasteiger partial charge >= 0.3 is 0 Å². The zero-order valence-electron chi connectivity index (χ0n) is 18.2. The minimum atomic E-state index is -3.82. The first-order chi connectivity index (χ1) is 16.3. The summed E-state index contributed by atoms with van der Waals surface area (Å²) in [5.41, 5.74) is 2.76. The van der Waals surface area contributed by atoms with Crippen LogP contribution in [0.1, 0.15) is 23.5 Å². The minimum Gasteiger partial charge on any atom is -0.380 e. The molecule has 1 amide bonds. The minimum absolute atomic E-state index is 0.0838. The van der Waals surface area contributed by atoms with Crippen LogP contribution in [0.15, 0.2) is 71.6 Å². The number of aryl methyl sites for hydroxylation is 1. The van der Waals surface area contributed by atoms with Gasteiger partial charge in [0.05, 0.1) is 4.90 Å². The average molecular weight is 484 g/mol. The lowest BCUT2D eigenvalue weighted by molar-refractivity contribution is -0.116. The number of nitrogens with zero attached hydrogens (tertiary/aromatic N) is 1. The third-order valence-corrected chi connectivity index (χ3v) is 8.22. The van der Waals surface area contributed by atoms with Crippen LogP contribution in [0.2, 0.25) is 0 Å². The van der Waals surface area contributed by atoms with Gasteiger partial charge in [0, 0.05) is 48.9 Å². The number of amides is 1. The summed E-state index contributed by atoms with van der Waals surface area (Å²) >= 11 is 0. The molecule has 2 aliphatic rings. The highest BCUT2D eigenvalue weighted by atomic mass is 32.2. The molecule has 2 aliphatic heterocycles. The molecule has 1 saturated heterocycles. The number of anilines is 2. The Balaban J connectivity index is 1.45. The van der Waals surface area contributed by atoms with Crippen LogP contribution in [0.25, 0.3) is 0 Å². The first-order valence-electron chi connectivity index (χ1n) is 11.0. The molecule has 9 heteroatoms. The van der Waals surface area contributed by atoms with E-state index in [1.807, 2.05) is 30.3 Å². The molecule has 2 unspecified atom stereocenters. The molecule has 34 heavy (non-hydrogen) atoms. The fourth-order valence-electron chi connectivity index (χ4n) is 4.62. The van der Waals surface area contributed by atoms with Crippen molar-refractivity contribution in [1.29, 1.82) is 0 Å². The molecule has 6 nitrogen and oxygen atoms in total. The second kappa shape index (κ2) is 8.81. The van der Waals surface area contributed by atoms with Crippen molar-refractivity contribution in [2.45, 2.75) is 29.7 Å². The summed E-state index contributed by atoms with van der Waals surface area (Å²) < 4.78 is 55.7. The monoisotopic (exact) mass is 483 g/mol. The maximum absolute atomic E-state index is 13.8. The molecule has 1 fully saturated rings. The number of halogens is 2. The van der Waals surface area contributed by atoms with Gasteiger partial charge in [0.2, 0.25) is 15.9 Å². The molecular weight excluding hydrogens is 460 g/mol. The van der Waals surface area contributed by atoms with Crippen molar-refractivity contribution in [3.8, 4) is 0 Å². The summed E-state index contributed by atoms with van der Waals surface area (Å²) in [4.78, 5) is 11.8. The van der Waals surface area contributed by atoms with E-state index in [1.165, 1.54) is 16.4 Å². The zero-order chi connectivity index (χ0) is 23.9. The van der Waals surface area contributed by atoms with Crippen LogP contribution in [-0.2, 0) is 21.2 Å². The number of hydrogen-bond acceptors (Lipinski definition) is 4. The largest absolute Gasteiger partial charge is 0.380 e. The van der Waals surface area contributed by atoms with Crippen molar-refractivity contribution in [1.82, 2.24) is 4.31 Å². The summed E-state index contributed by atoms with van der Waals surface area (Å²) in [7, 11) is -3.82. The van der Waals surface area contributed by atoms with E-state index in [1.54, 1.807) is 12.1 Å². The average Bonchev–Trinajstić information content (AvgIpc) is 3.26. The summed E-state index contributed by atoms with van der Waals surface area (Å²) in [6.45, 7) is 0.399. The van der Waals surface area contributed by atoms with Crippen molar-refractivity contribution < 1.29 is 22.0 Å². The van der Waals surface area contributed by atoms with Crippen LogP contribution >= 0.6 is 0 Å². The van der Waals surface area contributed by atoms with Crippen molar-refractivity contribution >= 4 is 27.3 Å². The van der Waals surface area contributed by atoms with Crippen molar-refractivity contribution in [3.05, 3.63) is 89.5 Å². The topological polar surface area (TPSA) is 78.5 Å².